The average Bonchev–Trinajstić information content (AvgIpc) is 3.09. The summed E-state index contributed by atoms with van der Waals surface area (Å²) in [5.74, 6) is 1.43. The van der Waals surface area contributed by atoms with E-state index in [1.54, 1.807) is 24.5 Å². The summed E-state index contributed by atoms with van der Waals surface area (Å²) in [5.41, 5.74) is 2.42. The van der Waals surface area contributed by atoms with Crippen LogP contribution >= 0.6 is 11.6 Å². The molecule has 3 heterocycles. The molecular weight excluding hydrogens is 376 g/mol. The molecule has 1 aliphatic heterocycles. The summed E-state index contributed by atoms with van der Waals surface area (Å²) in [6.45, 7) is 5.59. The molecule has 0 N–H and O–H groups in total. The van der Waals surface area contributed by atoms with Gasteiger partial charge in [-0.25, -0.2) is 4.98 Å². The highest BCUT2D eigenvalue weighted by Gasteiger charge is 2.23. The van der Waals surface area contributed by atoms with Crippen LogP contribution in [0, 0.1) is 6.92 Å². The Balaban J connectivity index is 1.38. The van der Waals surface area contributed by atoms with Gasteiger partial charge in [0.2, 0.25) is 5.89 Å². The first-order valence-corrected chi connectivity index (χ1v) is 9.62. The lowest BCUT2D eigenvalue weighted by molar-refractivity contribution is 0.0626. The molecule has 1 saturated heterocycles. The lowest BCUT2D eigenvalue weighted by Gasteiger charge is -2.34. The Hall–Kier alpha value is -2.70. The summed E-state index contributed by atoms with van der Waals surface area (Å²) < 4.78 is 5.85. The number of hydrogen-bond acceptors (Lipinski definition) is 5. The maximum atomic E-state index is 12.5. The van der Waals surface area contributed by atoms with Crippen LogP contribution in [-0.2, 0) is 6.54 Å². The SMILES string of the molecule is Cc1oc(-c2cccc(Cl)c2)nc1CN1CCN(C(=O)c2cccnc2)CC1. The second kappa shape index (κ2) is 8.12. The number of carbonyl (C=O) groups is 1. The van der Waals surface area contributed by atoms with Crippen molar-refractivity contribution in [2.24, 2.45) is 0 Å². The van der Waals surface area contributed by atoms with Crippen LogP contribution in [-0.4, -0.2) is 51.9 Å². The molecular formula is C21H21ClN4O2. The molecule has 144 valence electrons. The van der Waals surface area contributed by atoms with E-state index in [4.69, 9.17) is 16.0 Å². The average molecular weight is 397 g/mol. The van der Waals surface area contributed by atoms with Crippen molar-refractivity contribution in [3.05, 3.63) is 70.8 Å². The van der Waals surface area contributed by atoms with Crippen molar-refractivity contribution in [2.75, 3.05) is 26.2 Å². The predicted octanol–water partition coefficient (Wildman–Crippen LogP) is 3.66. The van der Waals surface area contributed by atoms with E-state index in [1.165, 1.54) is 0 Å². The van der Waals surface area contributed by atoms with Crippen LogP contribution < -0.4 is 0 Å². The Labute approximate surface area is 168 Å². The molecule has 1 aliphatic rings. The highest BCUT2D eigenvalue weighted by atomic mass is 35.5. The Morgan fingerprint density at radius 1 is 1.18 bits per heavy atom. The third-order valence-electron chi connectivity index (χ3n) is 4.91. The third-order valence-corrected chi connectivity index (χ3v) is 5.14. The molecule has 4 rings (SSSR count). The van der Waals surface area contributed by atoms with E-state index in [0.717, 1.165) is 30.1 Å². The molecule has 7 heteroatoms. The second-order valence-electron chi connectivity index (χ2n) is 6.84. The maximum absolute atomic E-state index is 12.5. The van der Waals surface area contributed by atoms with Crippen LogP contribution in [0.3, 0.4) is 0 Å². The van der Waals surface area contributed by atoms with Crippen molar-refractivity contribution in [2.45, 2.75) is 13.5 Å². The highest BCUT2D eigenvalue weighted by Crippen LogP contribution is 2.25. The van der Waals surface area contributed by atoms with Crippen molar-refractivity contribution in [3.8, 4) is 11.5 Å². The third kappa shape index (κ3) is 4.08. The minimum Gasteiger partial charge on any atom is -0.441 e. The molecule has 28 heavy (non-hydrogen) atoms. The van der Waals surface area contributed by atoms with Gasteiger partial charge in [0.25, 0.3) is 5.91 Å². The zero-order valence-electron chi connectivity index (χ0n) is 15.6. The first-order chi connectivity index (χ1) is 13.6. The van der Waals surface area contributed by atoms with Gasteiger partial charge in [0.05, 0.1) is 11.3 Å². The van der Waals surface area contributed by atoms with E-state index >= 15 is 0 Å². The lowest BCUT2D eigenvalue weighted by atomic mass is 10.2. The Bertz CT molecular complexity index is 966. The van der Waals surface area contributed by atoms with E-state index in [-0.39, 0.29) is 5.91 Å². The van der Waals surface area contributed by atoms with Gasteiger partial charge in [-0.15, -0.1) is 0 Å². The number of nitrogens with zero attached hydrogens (tertiary/aromatic N) is 4. The Morgan fingerprint density at radius 3 is 2.71 bits per heavy atom. The number of halogens is 1. The van der Waals surface area contributed by atoms with Crippen LogP contribution in [0.25, 0.3) is 11.5 Å². The van der Waals surface area contributed by atoms with Crippen molar-refractivity contribution in [3.63, 3.8) is 0 Å². The summed E-state index contributed by atoms with van der Waals surface area (Å²) in [6, 6.07) is 11.1. The molecule has 0 bridgehead atoms. The monoisotopic (exact) mass is 396 g/mol. The summed E-state index contributed by atoms with van der Waals surface area (Å²) in [6.07, 6.45) is 3.29. The number of oxazole rings is 1. The largest absolute Gasteiger partial charge is 0.441 e. The van der Waals surface area contributed by atoms with Gasteiger partial charge < -0.3 is 9.32 Å². The number of pyridine rings is 1. The molecule has 3 aromatic rings. The molecule has 1 fully saturated rings. The smallest absolute Gasteiger partial charge is 0.255 e. The van der Waals surface area contributed by atoms with Gasteiger partial charge in [-0.3, -0.25) is 14.7 Å². The fourth-order valence-electron chi connectivity index (χ4n) is 3.31. The normalized spacial score (nSPS) is 15.0. The summed E-state index contributed by atoms with van der Waals surface area (Å²) in [5, 5.41) is 0.657. The Kier molecular flexibility index (Phi) is 5.41. The van der Waals surface area contributed by atoms with Crippen LogP contribution in [0.1, 0.15) is 21.8 Å². The number of carbonyl (C=O) groups excluding carboxylic acids is 1. The topological polar surface area (TPSA) is 62.5 Å². The van der Waals surface area contributed by atoms with Crippen molar-refractivity contribution < 1.29 is 9.21 Å². The Morgan fingerprint density at radius 2 is 2.00 bits per heavy atom. The van der Waals surface area contributed by atoms with Gasteiger partial charge in [-0.1, -0.05) is 17.7 Å². The molecule has 0 radical (unpaired) electrons. The fraction of sp³-hybridized carbons (Fsp3) is 0.286. The van der Waals surface area contributed by atoms with Gasteiger partial charge >= 0.3 is 0 Å². The summed E-state index contributed by atoms with van der Waals surface area (Å²) in [7, 11) is 0. The van der Waals surface area contributed by atoms with Gasteiger partial charge in [0.1, 0.15) is 5.76 Å². The molecule has 0 spiro atoms. The van der Waals surface area contributed by atoms with Crippen molar-refractivity contribution in [1.82, 2.24) is 19.8 Å². The van der Waals surface area contributed by atoms with Gasteiger partial charge in [0.15, 0.2) is 0 Å². The summed E-state index contributed by atoms with van der Waals surface area (Å²) in [4.78, 5) is 25.4. The summed E-state index contributed by atoms with van der Waals surface area (Å²) >= 11 is 6.07. The van der Waals surface area contributed by atoms with Crippen LogP contribution in [0.15, 0.2) is 53.2 Å². The maximum Gasteiger partial charge on any atom is 0.255 e. The number of amides is 1. The van der Waals surface area contributed by atoms with Crippen LogP contribution in [0.4, 0.5) is 0 Å². The van der Waals surface area contributed by atoms with Crippen LogP contribution in [0.5, 0.6) is 0 Å². The lowest BCUT2D eigenvalue weighted by Crippen LogP contribution is -2.48. The van der Waals surface area contributed by atoms with E-state index in [2.05, 4.69) is 14.9 Å². The quantitative estimate of drug-likeness (QED) is 0.673. The number of rotatable bonds is 4. The first kappa shape index (κ1) is 18.7. The predicted molar refractivity (Wildman–Crippen MR) is 107 cm³/mol. The van der Waals surface area contributed by atoms with E-state index in [1.807, 2.05) is 36.1 Å². The van der Waals surface area contributed by atoms with Gasteiger partial charge in [-0.05, 0) is 37.3 Å². The zero-order chi connectivity index (χ0) is 19.5. The minimum atomic E-state index is 0.0357. The molecule has 1 aromatic carbocycles. The number of aromatic nitrogens is 2. The standard InChI is InChI=1S/C21H21ClN4O2/c1-15-19(24-20(28-15)16-4-2-6-18(22)12-16)14-25-8-10-26(11-9-25)21(27)17-5-3-7-23-13-17/h2-7,12-13H,8-11,14H2,1H3. The minimum absolute atomic E-state index is 0.0357. The molecule has 0 aliphatic carbocycles. The highest BCUT2D eigenvalue weighted by molar-refractivity contribution is 6.30. The van der Waals surface area contributed by atoms with Crippen molar-refractivity contribution in [1.29, 1.82) is 0 Å². The van der Waals surface area contributed by atoms with Crippen LogP contribution in [0.2, 0.25) is 5.02 Å². The second-order valence-corrected chi connectivity index (χ2v) is 7.28. The molecule has 1 amide bonds. The van der Waals surface area contributed by atoms with E-state index < -0.39 is 0 Å². The molecule has 0 unspecified atom stereocenters. The number of piperazine rings is 1. The molecule has 0 atom stereocenters. The number of benzene rings is 1. The van der Waals surface area contributed by atoms with Crippen molar-refractivity contribution >= 4 is 17.5 Å². The van der Waals surface area contributed by atoms with E-state index in [9.17, 15) is 4.79 Å². The first-order valence-electron chi connectivity index (χ1n) is 9.24. The molecule has 0 saturated carbocycles. The molecule has 2 aromatic heterocycles. The molecule has 6 nitrogen and oxygen atoms in total. The number of aryl methyl sites for hydroxylation is 1. The zero-order valence-corrected chi connectivity index (χ0v) is 16.4. The fourth-order valence-corrected chi connectivity index (χ4v) is 3.50. The van der Waals surface area contributed by atoms with E-state index in [0.29, 0.717) is 36.1 Å². The van der Waals surface area contributed by atoms with Gasteiger partial charge in [-0.2, -0.15) is 0 Å². The number of hydrogen-bond donors (Lipinski definition) is 0. The van der Waals surface area contributed by atoms with Gasteiger partial charge in [0, 0.05) is 55.7 Å².